The standard InChI is InChI=1S/C12H16F3N/c1-11(2,3)7-8-5-4-6-9(10(8)16)12(13,14)15/h4-6H,7,16H2,1-3H3. The average molecular weight is 231 g/mol. The van der Waals surface area contributed by atoms with Gasteiger partial charge in [0, 0.05) is 5.69 Å². The van der Waals surface area contributed by atoms with Gasteiger partial charge in [-0.1, -0.05) is 32.9 Å². The molecule has 90 valence electrons. The van der Waals surface area contributed by atoms with Crippen LogP contribution in [0.15, 0.2) is 18.2 Å². The van der Waals surface area contributed by atoms with E-state index in [4.69, 9.17) is 5.73 Å². The molecule has 16 heavy (non-hydrogen) atoms. The van der Waals surface area contributed by atoms with Crippen LogP contribution in [0.5, 0.6) is 0 Å². The van der Waals surface area contributed by atoms with E-state index in [1.807, 2.05) is 20.8 Å². The van der Waals surface area contributed by atoms with Crippen LogP contribution in [-0.4, -0.2) is 0 Å². The summed E-state index contributed by atoms with van der Waals surface area (Å²) >= 11 is 0. The number of rotatable bonds is 1. The van der Waals surface area contributed by atoms with E-state index in [-0.39, 0.29) is 11.1 Å². The molecular formula is C12H16F3N. The summed E-state index contributed by atoms with van der Waals surface area (Å²) in [6.07, 6.45) is -3.85. The number of hydrogen-bond donors (Lipinski definition) is 1. The van der Waals surface area contributed by atoms with Crippen molar-refractivity contribution < 1.29 is 13.2 Å². The second kappa shape index (κ2) is 4.00. The zero-order chi connectivity index (χ0) is 12.6. The maximum absolute atomic E-state index is 12.6. The highest BCUT2D eigenvalue weighted by atomic mass is 19.4. The van der Waals surface area contributed by atoms with Crippen molar-refractivity contribution in [1.82, 2.24) is 0 Å². The first-order valence-electron chi connectivity index (χ1n) is 5.06. The molecule has 0 aliphatic rings. The fourth-order valence-corrected chi connectivity index (χ4v) is 1.59. The van der Waals surface area contributed by atoms with Gasteiger partial charge in [-0.25, -0.2) is 0 Å². The van der Waals surface area contributed by atoms with Gasteiger partial charge >= 0.3 is 6.18 Å². The monoisotopic (exact) mass is 231 g/mol. The van der Waals surface area contributed by atoms with Crippen molar-refractivity contribution in [2.75, 3.05) is 5.73 Å². The van der Waals surface area contributed by atoms with Crippen LogP contribution in [0.25, 0.3) is 0 Å². The fraction of sp³-hybridized carbons (Fsp3) is 0.500. The number of nitrogens with two attached hydrogens (primary N) is 1. The lowest BCUT2D eigenvalue weighted by molar-refractivity contribution is -0.136. The normalized spacial score (nSPS) is 12.9. The summed E-state index contributed by atoms with van der Waals surface area (Å²) in [5.41, 5.74) is 5.14. The predicted octanol–water partition coefficient (Wildman–Crippen LogP) is 3.88. The third-order valence-corrected chi connectivity index (χ3v) is 2.22. The Morgan fingerprint density at radius 3 is 2.12 bits per heavy atom. The summed E-state index contributed by atoms with van der Waals surface area (Å²) in [5.74, 6) is 0. The smallest absolute Gasteiger partial charge is 0.398 e. The highest BCUT2D eigenvalue weighted by Gasteiger charge is 2.33. The molecule has 1 aromatic carbocycles. The fourth-order valence-electron chi connectivity index (χ4n) is 1.59. The Balaban J connectivity index is 3.15. The van der Waals surface area contributed by atoms with Gasteiger partial charge in [0.15, 0.2) is 0 Å². The van der Waals surface area contributed by atoms with E-state index in [2.05, 4.69) is 0 Å². The first-order valence-corrected chi connectivity index (χ1v) is 5.06. The van der Waals surface area contributed by atoms with Gasteiger partial charge in [-0.15, -0.1) is 0 Å². The van der Waals surface area contributed by atoms with E-state index in [0.717, 1.165) is 6.07 Å². The van der Waals surface area contributed by atoms with Gasteiger partial charge in [-0.05, 0) is 23.5 Å². The second-order valence-corrected chi connectivity index (χ2v) is 5.11. The number of alkyl halides is 3. The van der Waals surface area contributed by atoms with Crippen LogP contribution in [0, 0.1) is 5.41 Å². The molecule has 0 aliphatic carbocycles. The minimum Gasteiger partial charge on any atom is -0.398 e. The van der Waals surface area contributed by atoms with E-state index >= 15 is 0 Å². The molecule has 0 atom stereocenters. The van der Waals surface area contributed by atoms with Crippen molar-refractivity contribution in [2.45, 2.75) is 33.4 Å². The zero-order valence-corrected chi connectivity index (χ0v) is 9.65. The van der Waals surface area contributed by atoms with Crippen LogP contribution in [0.3, 0.4) is 0 Å². The van der Waals surface area contributed by atoms with Crippen molar-refractivity contribution in [3.8, 4) is 0 Å². The lowest BCUT2D eigenvalue weighted by Crippen LogP contribution is -2.15. The van der Waals surface area contributed by atoms with Crippen LogP contribution in [0.1, 0.15) is 31.9 Å². The molecule has 0 amide bonds. The molecule has 0 radical (unpaired) electrons. The van der Waals surface area contributed by atoms with E-state index in [1.165, 1.54) is 6.07 Å². The number of benzene rings is 1. The Kier molecular flexibility index (Phi) is 3.22. The molecule has 1 nitrogen and oxygen atoms in total. The number of anilines is 1. The Morgan fingerprint density at radius 1 is 1.12 bits per heavy atom. The molecule has 0 fully saturated rings. The number of hydrogen-bond acceptors (Lipinski definition) is 1. The maximum atomic E-state index is 12.6. The van der Waals surface area contributed by atoms with Gasteiger partial charge in [0.05, 0.1) is 5.56 Å². The predicted molar refractivity (Wildman–Crippen MR) is 59.0 cm³/mol. The van der Waals surface area contributed by atoms with Crippen LogP contribution in [0.2, 0.25) is 0 Å². The second-order valence-electron chi connectivity index (χ2n) is 5.11. The molecule has 0 spiro atoms. The summed E-state index contributed by atoms with van der Waals surface area (Å²) < 4.78 is 37.7. The van der Waals surface area contributed by atoms with Gasteiger partial charge in [0.1, 0.15) is 0 Å². The lowest BCUT2D eigenvalue weighted by atomic mass is 9.87. The summed E-state index contributed by atoms with van der Waals surface area (Å²) in [5, 5.41) is 0. The van der Waals surface area contributed by atoms with Crippen molar-refractivity contribution in [3.05, 3.63) is 29.3 Å². The summed E-state index contributed by atoms with van der Waals surface area (Å²) in [4.78, 5) is 0. The first-order chi connectivity index (χ1) is 7.11. The van der Waals surface area contributed by atoms with Crippen LogP contribution in [0.4, 0.5) is 18.9 Å². The summed E-state index contributed by atoms with van der Waals surface area (Å²) in [6.45, 7) is 5.89. The lowest BCUT2D eigenvalue weighted by Gasteiger charge is -2.21. The van der Waals surface area contributed by atoms with Gasteiger partial charge in [0.2, 0.25) is 0 Å². The highest BCUT2D eigenvalue weighted by Crippen LogP contribution is 2.36. The molecular weight excluding hydrogens is 215 g/mol. The van der Waals surface area contributed by atoms with Crippen molar-refractivity contribution in [2.24, 2.45) is 5.41 Å². The number of para-hydroxylation sites is 1. The van der Waals surface area contributed by atoms with E-state index in [1.54, 1.807) is 6.07 Å². The minimum atomic E-state index is -4.38. The average Bonchev–Trinajstić information content (AvgIpc) is 2.04. The SMILES string of the molecule is CC(C)(C)Cc1cccc(C(F)(F)F)c1N. The largest absolute Gasteiger partial charge is 0.418 e. The Labute approximate surface area is 93.5 Å². The van der Waals surface area contributed by atoms with Crippen LogP contribution in [-0.2, 0) is 12.6 Å². The maximum Gasteiger partial charge on any atom is 0.418 e. The molecule has 0 unspecified atom stereocenters. The molecule has 0 aromatic heterocycles. The van der Waals surface area contributed by atoms with E-state index in [0.29, 0.717) is 12.0 Å². The molecule has 0 heterocycles. The molecule has 1 rings (SSSR count). The van der Waals surface area contributed by atoms with E-state index < -0.39 is 11.7 Å². The summed E-state index contributed by atoms with van der Waals surface area (Å²) in [7, 11) is 0. The molecule has 1 aromatic rings. The van der Waals surface area contributed by atoms with Crippen molar-refractivity contribution in [1.29, 1.82) is 0 Å². The third kappa shape index (κ3) is 3.15. The number of nitrogen functional groups attached to an aromatic ring is 1. The Morgan fingerprint density at radius 2 is 1.69 bits per heavy atom. The Hall–Kier alpha value is -1.19. The third-order valence-electron chi connectivity index (χ3n) is 2.22. The quantitative estimate of drug-likeness (QED) is 0.729. The van der Waals surface area contributed by atoms with Crippen LogP contribution < -0.4 is 5.73 Å². The van der Waals surface area contributed by atoms with Crippen molar-refractivity contribution in [3.63, 3.8) is 0 Å². The van der Waals surface area contributed by atoms with Gasteiger partial charge < -0.3 is 5.73 Å². The molecule has 0 aliphatic heterocycles. The van der Waals surface area contributed by atoms with Gasteiger partial charge in [-0.2, -0.15) is 13.2 Å². The topological polar surface area (TPSA) is 26.0 Å². The highest BCUT2D eigenvalue weighted by molar-refractivity contribution is 5.55. The molecule has 0 saturated carbocycles. The summed E-state index contributed by atoms with van der Waals surface area (Å²) in [6, 6.07) is 4.07. The minimum absolute atomic E-state index is 0.0850. The zero-order valence-electron chi connectivity index (χ0n) is 9.65. The van der Waals surface area contributed by atoms with Crippen LogP contribution >= 0.6 is 0 Å². The molecule has 2 N–H and O–H groups in total. The van der Waals surface area contributed by atoms with E-state index in [9.17, 15) is 13.2 Å². The Bertz CT molecular complexity index is 375. The molecule has 0 saturated heterocycles. The first kappa shape index (κ1) is 12.9. The van der Waals surface area contributed by atoms with Gasteiger partial charge in [-0.3, -0.25) is 0 Å². The number of halogens is 3. The van der Waals surface area contributed by atoms with Gasteiger partial charge in [0.25, 0.3) is 0 Å². The molecule has 0 bridgehead atoms. The molecule has 4 heteroatoms. The van der Waals surface area contributed by atoms with Crippen molar-refractivity contribution >= 4 is 5.69 Å².